The molecule has 1 aromatic heterocycles. The molecule has 130 valence electrons. The van der Waals surface area contributed by atoms with Crippen LogP contribution in [-0.4, -0.2) is 33.6 Å². The maximum absolute atomic E-state index is 11.4. The van der Waals surface area contributed by atoms with E-state index in [-0.39, 0.29) is 4.21 Å². The van der Waals surface area contributed by atoms with Gasteiger partial charge in [0.15, 0.2) is 9.34 Å². The fourth-order valence-electron chi connectivity index (χ4n) is 2.99. The summed E-state index contributed by atoms with van der Waals surface area (Å²) in [4.78, 5) is 6.35. The highest BCUT2D eigenvalue weighted by Crippen LogP contribution is 2.30. The van der Waals surface area contributed by atoms with E-state index in [4.69, 9.17) is 9.88 Å². The molecule has 6 nitrogen and oxygen atoms in total. The molecule has 0 atom stereocenters. The Bertz CT molecular complexity index is 796. The highest BCUT2D eigenvalue weighted by atomic mass is 32.2. The number of benzene rings is 1. The number of methoxy groups -OCH3 is 1. The Hall–Kier alpha value is -1.64. The minimum absolute atomic E-state index is 0.121. The summed E-state index contributed by atoms with van der Waals surface area (Å²) in [7, 11) is -1.98. The fourth-order valence-corrected chi connectivity index (χ4v) is 4.58. The van der Waals surface area contributed by atoms with E-state index in [1.54, 1.807) is 7.11 Å². The number of nitrogens with two attached hydrogens (primary N) is 1. The van der Waals surface area contributed by atoms with Gasteiger partial charge in [-0.2, -0.15) is 0 Å². The Balaban J connectivity index is 1.58. The molecule has 0 saturated carbocycles. The van der Waals surface area contributed by atoms with Gasteiger partial charge in [-0.3, -0.25) is 0 Å². The molecular weight excluding hydrogens is 346 g/mol. The summed E-state index contributed by atoms with van der Waals surface area (Å²) in [6.45, 7) is 1.76. The minimum Gasteiger partial charge on any atom is -0.497 e. The van der Waals surface area contributed by atoms with Gasteiger partial charge >= 0.3 is 0 Å². The molecule has 0 radical (unpaired) electrons. The number of hydrogen-bond acceptors (Lipinski definition) is 6. The van der Waals surface area contributed by atoms with Crippen LogP contribution in [-0.2, 0) is 16.4 Å². The zero-order valence-electron chi connectivity index (χ0n) is 13.5. The van der Waals surface area contributed by atoms with Crippen LogP contribution in [0.15, 0.2) is 34.7 Å². The maximum Gasteiger partial charge on any atom is 0.249 e. The normalized spacial score (nSPS) is 16.3. The summed E-state index contributed by atoms with van der Waals surface area (Å²) in [5.41, 5.74) is 1.29. The van der Waals surface area contributed by atoms with Crippen molar-refractivity contribution >= 4 is 26.5 Å². The van der Waals surface area contributed by atoms with Crippen LogP contribution in [0, 0.1) is 5.92 Å². The highest BCUT2D eigenvalue weighted by Gasteiger charge is 2.23. The van der Waals surface area contributed by atoms with E-state index >= 15 is 0 Å². The molecule has 2 heterocycles. The van der Waals surface area contributed by atoms with Gasteiger partial charge in [0, 0.05) is 13.1 Å². The maximum atomic E-state index is 11.4. The Labute approximate surface area is 146 Å². The fraction of sp³-hybridized carbons (Fsp3) is 0.438. The summed E-state index contributed by atoms with van der Waals surface area (Å²) >= 11 is 1.14. The molecule has 24 heavy (non-hydrogen) atoms. The van der Waals surface area contributed by atoms with Crippen molar-refractivity contribution in [1.29, 1.82) is 0 Å². The molecule has 0 amide bonds. The third-order valence-electron chi connectivity index (χ3n) is 4.30. The van der Waals surface area contributed by atoms with Crippen molar-refractivity contribution in [2.45, 2.75) is 23.5 Å². The first-order valence-electron chi connectivity index (χ1n) is 7.82. The second kappa shape index (κ2) is 7.08. The number of primary sulfonamides is 1. The van der Waals surface area contributed by atoms with Gasteiger partial charge in [-0.1, -0.05) is 23.5 Å². The third-order valence-corrected chi connectivity index (χ3v) is 6.76. The van der Waals surface area contributed by atoms with Gasteiger partial charge in [0.25, 0.3) is 0 Å². The summed E-state index contributed by atoms with van der Waals surface area (Å²) in [6, 6.07) is 8.20. The molecule has 3 rings (SSSR count). The van der Waals surface area contributed by atoms with Gasteiger partial charge in [-0.15, -0.1) is 0 Å². The lowest BCUT2D eigenvalue weighted by molar-refractivity contribution is 0.398. The van der Waals surface area contributed by atoms with Crippen LogP contribution >= 0.6 is 11.3 Å². The average Bonchev–Trinajstić information content (AvgIpc) is 3.06. The van der Waals surface area contributed by atoms with Crippen LogP contribution < -0.4 is 14.8 Å². The molecule has 0 aliphatic carbocycles. The van der Waals surface area contributed by atoms with E-state index in [1.165, 1.54) is 11.8 Å². The lowest BCUT2D eigenvalue weighted by Crippen LogP contribution is -2.34. The monoisotopic (exact) mass is 367 g/mol. The Kier molecular flexibility index (Phi) is 5.07. The topological polar surface area (TPSA) is 85.5 Å². The summed E-state index contributed by atoms with van der Waals surface area (Å²) in [5.74, 6) is 1.51. The Morgan fingerprint density at radius 2 is 2.12 bits per heavy atom. The number of aromatic nitrogens is 1. The lowest BCUT2D eigenvalue weighted by atomic mass is 9.90. The SMILES string of the molecule is COc1cccc(CC2CCN(c3ncc(S(N)(=O)=O)s3)CC2)c1. The number of anilines is 1. The van der Waals surface area contributed by atoms with Crippen molar-refractivity contribution in [1.82, 2.24) is 4.98 Å². The number of piperidine rings is 1. The predicted octanol–water partition coefficient (Wildman–Crippen LogP) is 2.26. The molecule has 2 aromatic rings. The van der Waals surface area contributed by atoms with E-state index < -0.39 is 10.0 Å². The molecule has 0 spiro atoms. The predicted molar refractivity (Wildman–Crippen MR) is 95.1 cm³/mol. The van der Waals surface area contributed by atoms with E-state index in [1.807, 2.05) is 12.1 Å². The smallest absolute Gasteiger partial charge is 0.249 e. The zero-order valence-corrected chi connectivity index (χ0v) is 15.1. The average molecular weight is 367 g/mol. The van der Waals surface area contributed by atoms with Crippen LogP contribution in [0.4, 0.5) is 5.13 Å². The van der Waals surface area contributed by atoms with Gasteiger partial charge in [-0.25, -0.2) is 18.5 Å². The van der Waals surface area contributed by atoms with E-state index in [0.717, 1.165) is 54.6 Å². The van der Waals surface area contributed by atoms with Crippen molar-refractivity contribution in [2.75, 3.05) is 25.1 Å². The minimum atomic E-state index is -3.66. The van der Waals surface area contributed by atoms with Gasteiger partial charge in [-0.05, 0) is 42.9 Å². The van der Waals surface area contributed by atoms with Gasteiger partial charge in [0.1, 0.15) is 5.75 Å². The van der Waals surface area contributed by atoms with E-state index in [0.29, 0.717) is 5.92 Å². The number of rotatable bonds is 5. The lowest BCUT2D eigenvalue weighted by Gasteiger charge is -2.31. The largest absolute Gasteiger partial charge is 0.497 e. The Morgan fingerprint density at radius 1 is 1.38 bits per heavy atom. The van der Waals surface area contributed by atoms with Crippen LogP contribution in [0.25, 0.3) is 0 Å². The summed E-state index contributed by atoms with van der Waals surface area (Å²) < 4.78 is 28.1. The van der Waals surface area contributed by atoms with Crippen LogP contribution in [0.1, 0.15) is 18.4 Å². The zero-order chi connectivity index (χ0) is 17.2. The van der Waals surface area contributed by atoms with Crippen LogP contribution in [0.2, 0.25) is 0 Å². The molecule has 1 aliphatic rings. The van der Waals surface area contributed by atoms with E-state index in [2.05, 4.69) is 22.0 Å². The molecule has 2 N–H and O–H groups in total. The number of sulfonamides is 1. The molecule has 1 saturated heterocycles. The van der Waals surface area contributed by atoms with Crippen molar-refractivity contribution in [3.05, 3.63) is 36.0 Å². The van der Waals surface area contributed by atoms with Crippen molar-refractivity contribution in [3.63, 3.8) is 0 Å². The second-order valence-electron chi connectivity index (χ2n) is 5.99. The number of nitrogens with zero attached hydrogens (tertiary/aromatic N) is 2. The number of hydrogen-bond donors (Lipinski definition) is 1. The summed E-state index contributed by atoms with van der Waals surface area (Å²) in [6.07, 6.45) is 4.49. The molecule has 1 aromatic carbocycles. The van der Waals surface area contributed by atoms with Gasteiger partial charge in [0.2, 0.25) is 10.0 Å². The molecule has 8 heteroatoms. The molecule has 0 unspecified atom stereocenters. The first-order valence-corrected chi connectivity index (χ1v) is 10.2. The van der Waals surface area contributed by atoms with Gasteiger partial charge < -0.3 is 9.64 Å². The Morgan fingerprint density at radius 3 is 2.75 bits per heavy atom. The van der Waals surface area contributed by atoms with Crippen LogP contribution in [0.3, 0.4) is 0 Å². The third kappa shape index (κ3) is 4.06. The molecular formula is C16H21N3O3S2. The van der Waals surface area contributed by atoms with Crippen molar-refractivity contribution in [2.24, 2.45) is 11.1 Å². The highest BCUT2D eigenvalue weighted by molar-refractivity contribution is 7.91. The standard InChI is InChI=1S/C16H21N3O3S2/c1-22-14-4-2-3-13(10-14)9-12-5-7-19(8-6-12)16-18-11-15(23-16)24(17,20)21/h2-4,10-12H,5-9H2,1H3,(H2,17,20,21). The number of thiazole rings is 1. The number of ether oxygens (including phenoxy) is 1. The first-order chi connectivity index (χ1) is 11.5. The molecule has 1 aliphatic heterocycles. The van der Waals surface area contributed by atoms with Crippen molar-refractivity contribution in [3.8, 4) is 5.75 Å². The summed E-state index contributed by atoms with van der Waals surface area (Å²) in [5, 5.41) is 5.88. The van der Waals surface area contributed by atoms with Gasteiger partial charge in [0.05, 0.1) is 13.3 Å². The second-order valence-corrected chi connectivity index (χ2v) is 8.79. The molecule has 0 bridgehead atoms. The first kappa shape index (κ1) is 17.2. The molecule has 1 fully saturated rings. The van der Waals surface area contributed by atoms with E-state index in [9.17, 15) is 8.42 Å². The van der Waals surface area contributed by atoms with Crippen molar-refractivity contribution < 1.29 is 13.2 Å². The quantitative estimate of drug-likeness (QED) is 0.876. The van der Waals surface area contributed by atoms with Crippen LogP contribution in [0.5, 0.6) is 5.75 Å².